The lowest BCUT2D eigenvalue weighted by molar-refractivity contribution is 0.0463. The van der Waals surface area contributed by atoms with Crippen LogP contribution in [0.15, 0.2) is 18.2 Å². The second-order valence-corrected chi connectivity index (χ2v) is 6.60. The van der Waals surface area contributed by atoms with Gasteiger partial charge >= 0.3 is 6.09 Å². The van der Waals surface area contributed by atoms with Crippen LogP contribution in [0.5, 0.6) is 5.75 Å². The first-order chi connectivity index (χ1) is 9.81. The Morgan fingerprint density at radius 1 is 1.43 bits per heavy atom. The molecule has 0 spiro atoms. The van der Waals surface area contributed by atoms with Crippen molar-refractivity contribution in [2.75, 3.05) is 13.0 Å². The smallest absolute Gasteiger partial charge is 0.408 e. The molecule has 2 rings (SSSR count). The number of carbonyl (C=O) groups excluding carboxylic acids is 1. The van der Waals surface area contributed by atoms with Gasteiger partial charge in [0, 0.05) is 5.88 Å². The Balaban J connectivity index is 2.28. The predicted molar refractivity (Wildman–Crippen MR) is 83.1 cm³/mol. The van der Waals surface area contributed by atoms with Crippen LogP contribution >= 0.6 is 11.6 Å². The van der Waals surface area contributed by atoms with Crippen molar-refractivity contribution in [2.24, 2.45) is 0 Å². The molecule has 1 aromatic carbocycles. The average molecular weight is 312 g/mol. The van der Waals surface area contributed by atoms with E-state index in [2.05, 4.69) is 5.32 Å². The van der Waals surface area contributed by atoms with Crippen molar-refractivity contribution in [3.63, 3.8) is 0 Å². The molecule has 0 heterocycles. The van der Waals surface area contributed by atoms with E-state index in [4.69, 9.17) is 21.1 Å². The van der Waals surface area contributed by atoms with Crippen molar-refractivity contribution in [3.05, 3.63) is 29.3 Å². The molecule has 1 aliphatic rings. The molecule has 0 aliphatic heterocycles. The van der Waals surface area contributed by atoms with E-state index in [1.807, 2.05) is 39.0 Å². The SMILES string of the molecule is COc1cccc2c1CCC2(CCl)NC(=O)OC(C)(C)C. The number of fused-ring (bicyclic) bond motifs is 1. The Labute approximate surface area is 130 Å². The van der Waals surface area contributed by atoms with Crippen LogP contribution in [-0.4, -0.2) is 24.7 Å². The zero-order chi connectivity index (χ0) is 15.7. The van der Waals surface area contributed by atoms with Gasteiger partial charge < -0.3 is 14.8 Å². The lowest BCUT2D eigenvalue weighted by Crippen LogP contribution is -2.47. The second kappa shape index (κ2) is 5.76. The topological polar surface area (TPSA) is 47.6 Å². The molecule has 0 saturated carbocycles. The van der Waals surface area contributed by atoms with Gasteiger partial charge in [-0.05, 0) is 50.8 Å². The molecule has 1 N–H and O–H groups in total. The van der Waals surface area contributed by atoms with Crippen LogP contribution in [0.25, 0.3) is 0 Å². The van der Waals surface area contributed by atoms with E-state index in [9.17, 15) is 4.79 Å². The molecule has 1 unspecified atom stereocenters. The number of carbonyl (C=O) groups is 1. The number of hydrogen-bond donors (Lipinski definition) is 1. The van der Waals surface area contributed by atoms with Crippen LogP contribution in [0, 0.1) is 0 Å². The molecule has 0 saturated heterocycles. The summed E-state index contributed by atoms with van der Waals surface area (Å²) < 4.78 is 10.8. The Morgan fingerprint density at radius 2 is 2.14 bits per heavy atom. The summed E-state index contributed by atoms with van der Waals surface area (Å²) in [7, 11) is 1.65. The molecule has 1 atom stereocenters. The van der Waals surface area contributed by atoms with Crippen molar-refractivity contribution in [1.82, 2.24) is 5.32 Å². The third-order valence-electron chi connectivity index (χ3n) is 3.64. The van der Waals surface area contributed by atoms with E-state index in [-0.39, 0.29) is 0 Å². The van der Waals surface area contributed by atoms with E-state index in [1.54, 1.807) is 7.11 Å². The molecule has 1 amide bonds. The minimum Gasteiger partial charge on any atom is -0.496 e. The van der Waals surface area contributed by atoms with E-state index in [1.165, 1.54) is 0 Å². The summed E-state index contributed by atoms with van der Waals surface area (Å²) in [5.74, 6) is 1.14. The van der Waals surface area contributed by atoms with Crippen LogP contribution in [0.2, 0.25) is 0 Å². The van der Waals surface area contributed by atoms with E-state index in [0.29, 0.717) is 5.88 Å². The van der Waals surface area contributed by atoms with Crippen LogP contribution < -0.4 is 10.1 Å². The van der Waals surface area contributed by atoms with Gasteiger partial charge in [-0.25, -0.2) is 4.79 Å². The number of methoxy groups -OCH3 is 1. The van der Waals surface area contributed by atoms with Crippen LogP contribution in [0.1, 0.15) is 38.3 Å². The van der Waals surface area contributed by atoms with Crippen molar-refractivity contribution >= 4 is 17.7 Å². The van der Waals surface area contributed by atoms with E-state index < -0.39 is 17.2 Å². The number of alkyl carbamates (subject to hydrolysis) is 1. The van der Waals surface area contributed by atoms with Gasteiger partial charge in [0.1, 0.15) is 11.4 Å². The predicted octanol–water partition coefficient (Wildman–Crippen LogP) is 3.60. The molecular weight excluding hydrogens is 290 g/mol. The minimum atomic E-state index is -0.590. The molecule has 116 valence electrons. The number of nitrogens with one attached hydrogen (secondary N) is 1. The normalized spacial score (nSPS) is 20.8. The summed E-state index contributed by atoms with van der Waals surface area (Å²) in [6.45, 7) is 5.52. The van der Waals surface area contributed by atoms with Crippen LogP contribution in [-0.2, 0) is 16.7 Å². The fourth-order valence-corrected chi connectivity index (χ4v) is 3.08. The maximum absolute atomic E-state index is 12.1. The molecule has 4 nitrogen and oxygen atoms in total. The summed E-state index contributed by atoms with van der Waals surface area (Å²) in [6, 6.07) is 5.84. The molecule has 0 radical (unpaired) electrons. The number of hydrogen-bond acceptors (Lipinski definition) is 3. The number of halogens is 1. The maximum Gasteiger partial charge on any atom is 0.408 e. The van der Waals surface area contributed by atoms with Crippen LogP contribution in [0.3, 0.4) is 0 Å². The third-order valence-corrected chi connectivity index (χ3v) is 4.09. The summed E-state index contributed by atoms with van der Waals surface area (Å²) >= 11 is 6.19. The number of rotatable bonds is 3. The van der Waals surface area contributed by atoms with E-state index in [0.717, 1.165) is 29.7 Å². The van der Waals surface area contributed by atoms with Gasteiger partial charge in [0.2, 0.25) is 0 Å². The summed E-state index contributed by atoms with van der Waals surface area (Å²) in [6.07, 6.45) is 1.12. The monoisotopic (exact) mass is 311 g/mol. The average Bonchev–Trinajstić information content (AvgIpc) is 2.76. The van der Waals surface area contributed by atoms with Gasteiger partial charge in [0.25, 0.3) is 0 Å². The zero-order valence-corrected chi connectivity index (χ0v) is 13.7. The Morgan fingerprint density at radius 3 is 2.71 bits per heavy atom. The number of benzene rings is 1. The highest BCUT2D eigenvalue weighted by molar-refractivity contribution is 6.19. The molecule has 21 heavy (non-hydrogen) atoms. The van der Waals surface area contributed by atoms with Gasteiger partial charge in [-0.3, -0.25) is 0 Å². The molecule has 5 heteroatoms. The molecule has 0 bridgehead atoms. The number of alkyl halides is 1. The van der Waals surface area contributed by atoms with Crippen LogP contribution in [0.4, 0.5) is 4.79 Å². The highest BCUT2D eigenvalue weighted by Crippen LogP contribution is 2.42. The van der Waals surface area contributed by atoms with Gasteiger partial charge in [-0.1, -0.05) is 12.1 Å². The number of ether oxygens (including phenoxy) is 2. The standard InChI is InChI=1S/C16H22ClNO3/c1-15(2,3)21-14(19)18-16(10-17)9-8-11-12(16)6-5-7-13(11)20-4/h5-7H,8-10H2,1-4H3,(H,18,19). The van der Waals surface area contributed by atoms with Gasteiger partial charge in [0.15, 0.2) is 0 Å². The highest BCUT2D eigenvalue weighted by atomic mass is 35.5. The Bertz CT molecular complexity index is 539. The van der Waals surface area contributed by atoms with Crippen molar-refractivity contribution < 1.29 is 14.3 Å². The Kier molecular flexibility index (Phi) is 4.38. The number of amides is 1. The second-order valence-electron chi connectivity index (χ2n) is 6.33. The molecule has 0 fully saturated rings. The van der Waals surface area contributed by atoms with Gasteiger partial charge in [-0.15, -0.1) is 11.6 Å². The maximum atomic E-state index is 12.1. The van der Waals surface area contributed by atoms with Crippen molar-refractivity contribution in [1.29, 1.82) is 0 Å². The van der Waals surface area contributed by atoms with Gasteiger partial charge in [0.05, 0.1) is 12.6 Å². The molecule has 0 aromatic heterocycles. The Hall–Kier alpha value is -1.42. The van der Waals surface area contributed by atoms with E-state index >= 15 is 0 Å². The molecule has 1 aromatic rings. The van der Waals surface area contributed by atoms with Crippen molar-refractivity contribution in [2.45, 2.75) is 44.8 Å². The zero-order valence-electron chi connectivity index (χ0n) is 13.0. The van der Waals surface area contributed by atoms with Crippen molar-refractivity contribution in [3.8, 4) is 5.75 Å². The lowest BCUT2D eigenvalue weighted by atomic mass is 9.94. The fourth-order valence-electron chi connectivity index (χ4n) is 2.74. The fraction of sp³-hybridized carbons (Fsp3) is 0.562. The molecular formula is C16H22ClNO3. The quantitative estimate of drug-likeness (QED) is 0.868. The highest BCUT2D eigenvalue weighted by Gasteiger charge is 2.41. The summed E-state index contributed by atoms with van der Waals surface area (Å²) in [5.41, 5.74) is 1.00. The first kappa shape index (κ1) is 16.0. The lowest BCUT2D eigenvalue weighted by Gasteiger charge is -2.31. The third kappa shape index (κ3) is 3.26. The van der Waals surface area contributed by atoms with Gasteiger partial charge in [-0.2, -0.15) is 0 Å². The summed E-state index contributed by atoms with van der Waals surface area (Å²) in [4.78, 5) is 12.1. The largest absolute Gasteiger partial charge is 0.496 e. The first-order valence-corrected chi connectivity index (χ1v) is 7.58. The molecule has 1 aliphatic carbocycles. The minimum absolute atomic E-state index is 0.298. The summed E-state index contributed by atoms with van der Waals surface area (Å²) in [5, 5.41) is 2.96. The first-order valence-electron chi connectivity index (χ1n) is 7.05.